The molecule has 0 bridgehead atoms. The van der Waals surface area contributed by atoms with Gasteiger partial charge in [-0.15, -0.1) is 0 Å². The van der Waals surface area contributed by atoms with Gasteiger partial charge in [0.15, 0.2) is 0 Å². The van der Waals surface area contributed by atoms with Gasteiger partial charge in [-0.25, -0.2) is 0 Å². The molecule has 2 nitrogen and oxygen atoms in total. The zero-order chi connectivity index (χ0) is 8.10. The number of hydrogen-bond donors (Lipinski definition) is 2. The van der Waals surface area contributed by atoms with E-state index in [-0.39, 0.29) is 6.10 Å². The molecule has 1 aromatic heterocycles. The number of rotatable bonds is 4. The minimum Gasteiger partial charge on any atom is -0.388 e. The molecule has 0 aliphatic rings. The Labute approximate surface area is 70.9 Å². The van der Waals surface area contributed by atoms with Gasteiger partial charge in [-0.2, -0.15) is 11.3 Å². The highest BCUT2D eigenvalue weighted by Crippen LogP contribution is 2.02. The summed E-state index contributed by atoms with van der Waals surface area (Å²) in [5, 5.41) is 15.3. The van der Waals surface area contributed by atoms with Gasteiger partial charge in [0.2, 0.25) is 0 Å². The van der Waals surface area contributed by atoms with Crippen LogP contribution >= 0.6 is 11.3 Å². The quantitative estimate of drug-likeness (QED) is 0.668. The number of thiophene rings is 1. The molecule has 0 saturated carbocycles. The fourth-order valence-electron chi connectivity index (χ4n) is 0.900. The van der Waals surface area contributed by atoms with Gasteiger partial charge in [-0.3, -0.25) is 0 Å². The number of hydrogen-bond acceptors (Lipinski definition) is 2. The van der Waals surface area contributed by atoms with Gasteiger partial charge < -0.3 is 10.4 Å². The molecule has 3 N–H and O–H groups in total. The van der Waals surface area contributed by atoms with Crippen molar-refractivity contribution in [2.45, 2.75) is 19.6 Å². The summed E-state index contributed by atoms with van der Waals surface area (Å²) in [5.41, 5.74) is 1.34. The lowest BCUT2D eigenvalue weighted by Gasteiger charge is -2.01. The smallest absolute Gasteiger partial charge is 0.102 e. The molecule has 0 unspecified atom stereocenters. The van der Waals surface area contributed by atoms with Crippen LogP contribution in [-0.2, 0) is 6.54 Å². The van der Waals surface area contributed by atoms with Crippen LogP contribution in [0, 0.1) is 0 Å². The first kappa shape index (κ1) is 8.71. The Morgan fingerprint density at radius 3 is 3.09 bits per heavy atom. The van der Waals surface area contributed by atoms with E-state index in [0.717, 1.165) is 13.1 Å². The SMILES string of the molecule is C[C@@H](O)C[NH2+]Cc1ccsc1. The highest BCUT2D eigenvalue weighted by atomic mass is 32.1. The second kappa shape index (κ2) is 4.49. The topological polar surface area (TPSA) is 36.8 Å². The van der Waals surface area contributed by atoms with Crippen molar-refractivity contribution in [3.05, 3.63) is 22.4 Å². The summed E-state index contributed by atoms with van der Waals surface area (Å²) >= 11 is 1.72. The van der Waals surface area contributed by atoms with Gasteiger partial charge in [-0.1, -0.05) is 0 Å². The molecule has 0 radical (unpaired) electrons. The maximum Gasteiger partial charge on any atom is 0.102 e. The molecule has 11 heavy (non-hydrogen) atoms. The zero-order valence-corrected chi connectivity index (χ0v) is 7.47. The fourth-order valence-corrected chi connectivity index (χ4v) is 1.58. The lowest BCUT2D eigenvalue weighted by Crippen LogP contribution is -2.84. The van der Waals surface area contributed by atoms with Gasteiger partial charge in [0, 0.05) is 5.56 Å². The molecule has 0 aromatic carbocycles. The van der Waals surface area contributed by atoms with Gasteiger partial charge in [0.1, 0.15) is 13.1 Å². The van der Waals surface area contributed by atoms with E-state index in [1.165, 1.54) is 5.56 Å². The van der Waals surface area contributed by atoms with Crippen LogP contribution in [0.15, 0.2) is 16.8 Å². The Hall–Kier alpha value is -0.380. The molecule has 1 atom stereocenters. The third-order valence-corrected chi connectivity index (χ3v) is 2.20. The average molecular weight is 172 g/mol. The predicted molar refractivity (Wildman–Crippen MR) is 46.5 cm³/mol. The van der Waals surface area contributed by atoms with Crippen LogP contribution in [0.1, 0.15) is 12.5 Å². The van der Waals surface area contributed by atoms with Crippen molar-refractivity contribution in [1.29, 1.82) is 0 Å². The third kappa shape index (κ3) is 3.51. The Morgan fingerprint density at radius 2 is 2.55 bits per heavy atom. The molecule has 62 valence electrons. The Kier molecular flexibility index (Phi) is 3.56. The minimum atomic E-state index is -0.200. The second-order valence-electron chi connectivity index (χ2n) is 2.71. The fraction of sp³-hybridized carbons (Fsp3) is 0.500. The first-order valence-electron chi connectivity index (χ1n) is 3.80. The molecule has 0 amide bonds. The molecular formula is C8H14NOS+. The van der Waals surface area contributed by atoms with E-state index >= 15 is 0 Å². The van der Waals surface area contributed by atoms with Crippen molar-refractivity contribution in [3.8, 4) is 0 Å². The molecule has 1 aromatic rings. The summed E-state index contributed by atoms with van der Waals surface area (Å²) in [4.78, 5) is 0. The zero-order valence-electron chi connectivity index (χ0n) is 6.66. The number of nitrogens with two attached hydrogens (primary N) is 1. The monoisotopic (exact) mass is 172 g/mol. The Morgan fingerprint density at radius 1 is 1.73 bits per heavy atom. The summed E-state index contributed by atoms with van der Waals surface area (Å²) in [5.74, 6) is 0. The van der Waals surface area contributed by atoms with Crippen molar-refractivity contribution in [1.82, 2.24) is 0 Å². The van der Waals surface area contributed by atoms with Crippen LogP contribution in [0.2, 0.25) is 0 Å². The predicted octanol–water partition coefficient (Wildman–Crippen LogP) is 0.192. The molecule has 0 aliphatic carbocycles. The molecule has 0 fully saturated rings. The highest BCUT2D eigenvalue weighted by molar-refractivity contribution is 7.07. The maximum absolute atomic E-state index is 8.95. The Balaban J connectivity index is 2.14. The summed E-state index contributed by atoms with van der Waals surface area (Å²) in [6, 6.07) is 2.11. The van der Waals surface area contributed by atoms with Crippen LogP contribution < -0.4 is 5.32 Å². The third-order valence-electron chi connectivity index (χ3n) is 1.47. The summed E-state index contributed by atoms with van der Waals surface area (Å²) in [7, 11) is 0. The summed E-state index contributed by atoms with van der Waals surface area (Å²) in [6.07, 6.45) is -0.200. The van der Waals surface area contributed by atoms with Gasteiger partial charge >= 0.3 is 0 Å². The first-order valence-corrected chi connectivity index (χ1v) is 4.74. The first-order chi connectivity index (χ1) is 5.29. The van der Waals surface area contributed by atoms with Crippen LogP contribution in [-0.4, -0.2) is 17.8 Å². The van der Waals surface area contributed by atoms with Gasteiger partial charge in [0.05, 0.1) is 6.10 Å². The van der Waals surface area contributed by atoms with Crippen LogP contribution in [0.5, 0.6) is 0 Å². The molecular weight excluding hydrogens is 158 g/mol. The number of aliphatic hydroxyl groups is 1. The van der Waals surface area contributed by atoms with Crippen molar-refractivity contribution >= 4 is 11.3 Å². The minimum absolute atomic E-state index is 0.200. The normalized spacial score (nSPS) is 13.3. The van der Waals surface area contributed by atoms with Crippen LogP contribution in [0.3, 0.4) is 0 Å². The number of quaternary nitrogens is 1. The van der Waals surface area contributed by atoms with Crippen molar-refractivity contribution in [2.24, 2.45) is 0 Å². The van der Waals surface area contributed by atoms with E-state index in [1.807, 2.05) is 6.92 Å². The summed E-state index contributed by atoms with van der Waals surface area (Å²) in [6.45, 7) is 3.58. The summed E-state index contributed by atoms with van der Waals surface area (Å²) < 4.78 is 0. The maximum atomic E-state index is 8.95. The van der Waals surface area contributed by atoms with Crippen molar-refractivity contribution < 1.29 is 10.4 Å². The van der Waals surface area contributed by atoms with E-state index in [1.54, 1.807) is 11.3 Å². The highest BCUT2D eigenvalue weighted by Gasteiger charge is 1.98. The molecule has 3 heteroatoms. The Bertz CT molecular complexity index is 184. The van der Waals surface area contributed by atoms with Crippen molar-refractivity contribution in [3.63, 3.8) is 0 Å². The molecule has 1 heterocycles. The van der Waals surface area contributed by atoms with E-state index < -0.39 is 0 Å². The molecule has 0 spiro atoms. The van der Waals surface area contributed by atoms with Crippen molar-refractivity contribution in [2.75, 3.05) is 6.54 Å². The van der Waals surface area contributed by atoms with Crippen LogP contribution in [0.25, 0.3) is 0 Å². The second-order valence-corrected chi connectivity index (χ2v) is 3.49. The van der Waals surface area contributed by atoms with E-state index in [2.05, 4.69) is 22.1 Å². The number of aliphatic hydroxyl groups excluding tert-OH is 1. The molecule has 0 saturated heterocycles. The van der Waals surface area contributed by atoms with E-state index in [0.29, 0.717) is 0 Å². The average Bonchev–Trinajstić information content (AvgIpc) is 2.39. The lowest BCUT2D eigenvalue weighted by atomic mass is 10.3. The van der Waals surface area contributed by atoms with Gasteiger partial charge in [0.25, 0.3) is 0 Å². The standard InChI is InChI=1S/C8H13NOS/c1-7(10)4-9-5-8-2-3-11-6-8/h2-3,6-7,9-10H,4-5H2,1H3/p+1/t7-/m1/s1. The van der Waals surface area contributed by atoms with Crippen LogP contribution in [0.4, 0.5) is 0 Å². The van der Waals surface area contributed by atoms with E-state index in [9.17, 15) is 0 Å². The lowest BCUT2D eigenvalue weighted by molar-refractivity contribution is -0.676. The largest absolute Gasteiger partial charge is 0.388 e. The van der Waals surface area contributed by atoms with E-state index in [4.69, 9.17) is 5.11 Å². The van der Waals surface area contributed by atoms with Gasteiger partial charge in [-0.05, 0) is 23.8 Å². The molecule has 1 rings (SSSR count). The molecule has 0 aliphatic heterocycles.